The topological polar surface area (TPSA) is 52.0 Å². The van der Waals surface area contributed by atoms with Gasteiger partial charge in [0, 0.05) is 5.39 Å². The quantitative estimate of drug-likeness (QED) is 0.582. The highest BCUT2D eigenvalue weighted by atomic mass is 16.6. The zero-order valence-corrected chi connectivity index (χ0v) is 8.51. The third-order valence-corrected chi connectivity index (χ3v) is 2.58. The first-order valence-corrected chi connectivity index (χ1v) is 5.08. The van der Waals surface area contributed by atoms with Crippen molar-refractivity contribution >= 4 is 17.3 Å². The monoisotopic (exact) mass is 218 g/mol. The van der Waals surface area contributed by atoms with Crippen molar-refractivity contribution in [3.8, 4) is 5.75 Å². The second kappa shape index (κ2) is 3.64. The molecule has 1 aromatic carbocycles. The molecule has 3 rings (SSSR count). The van der Waals surface area contributed by atoms with Gasteiger partial charge in [0.15, 0.2) is 6.29 Å². The number of epoxide rings is 1. The SMILES string of the molecule is O=Cc1c(OCC2CO2)ccc2occc12. The Bertz CT molecular complexity index is 525. The molecule has 0 aliphatic carbocycles. The van der Waals surface area contributed by atoms with Crippen LogP contribution in [0.1, 0.15) is 10.4 Å². The Morgan fingerprint density at radius 2 is 2.31 bits per heavy atom. The maximum Gasteiger partial charge on any atom is 0.154 e. The van der Waals surface area contributed by atoms with E-state index in [0.717, 1.165) is 18.3 Å². The van der Waals surface area contributed by atoms with Gasteiger partial charge < -0.3 is 13.9 Å². The van der Waals surface area contributed by atoms with Crippen LogP contribution in [0.2, 0.25) is 0 Å². The van der Waals surface area contributed by atoms with Gasteiger partial charge in [-0.1, -0.05) is 0 Å². The molecular weight excluding hydrogens is 208 g/mol. The van der Waals surface area contributed by atoms with Gasteiger partial charge in [-0.05, 0) is 18.2 Å². The molecule has 1 unspecified atom stereocenters. The molecule has 4 heteroatoms. The van der Waals surface area contributed by atoms with Gasteiger partial charge in [0.25, 0.3) is 0 Å². The Hall–Kier alpha value is -1.81. The number of hydrogen-bond acceptors (Lipinski definition) is 4. The number of hydrogen-bond donors (Lipinski definition) is 0. The second-order valence-electron chi connectivity index (χ2n) is 3.69. The minimum atomic E-state index is 0.180. The molecule has 1 atom stereocenters. The maximum atomic E-state index is 11.0. The predicted octanol–water partition coefficient (Wildman–Crippen LogP) is 2.02. The number of furan rings is 1. The van der Waals surface area contributed by atoms with Crippen LogP contribution in [0.4, 0.5) is 0 Å². The van der Waals surface area contributed by atoms with Crippen LogP contribution in [0, 0.1) is 0 Å². The number of carbonyl (C=O) groups excluding carboxylic acids is 1. The molecule has 2 aromatic rings. The van der Waals surface area contributed by atoms with Crippen LogP contribution in [0.5, 0.6) is 5.75 Å². The van der Waals surface area contributed by atoms with E-state index in [4.69, 9.17) is 13.9 Å². The van der Waals surface area contributed by atoms with Crippen LogP contribution in [0.15, 0.2) is 28.9 Å². The van der Waals surface area contributed by atoms with Crippen molar-refractivity contribution in [3.05, 3.63) is 30.0 Å². The van der Waals surface area contributed by atoms with Gasteiger partial charge >= 0.3 is 0 Å². The lowest BCUT2D eigenvalue weighted by Gasteiger charge is -2.06. The fourth-order valence-corrected chi connectivity index (χ4v) is 1.64. The largest absolute Gasteiger partial charge is 0.490 e. The van der Waals surface area contributed by atoms with Crippen molar-refractivity contribution in [3.63, 3.8) is 0 Å². The van der Waals surface area contributed by atoms with E-state index >= 15 is 0 Å². The van der Waals surface area contributed by atoms with Crippen molar-refractivity contribution in [1.29, 1.82) is 0 Å². The summed E-state index contributed by atoms with van der Waals surface area (Å²) >= 11 is 0. The van der Waals surface area contributed by atoms with E-state index in [1.54, 1.807) is 24.5 Å². The number of carbonyl (C=O) groups is 1. The van der Waals surface area contributed by atoms with E-state index in [1.165, 1.54) is 0 Å². The molecule has 0 amide bonds. The van der Waals surface area contributed by atoms with Crippen molar-refractivity contribution in [1.82, 2.24) is 0 Å². The second-order valence-corrected chi connectivity index (χ2v) is 3.69. The van der Waals surface area contributed by atoms with Crippen LogP contribution >= 0.6 is 0 Å². The number of benzene rings is 1. The smallest absolute Gasteiger partial charge is 0.154 e. The van der Waals surface area contributed by atoms with Gasteiger partial charge in [-0.2, -0.15) is 0 Å². The summed E-state index contributed by atoms with van der Waals surface area (Å²) in [5.41, 5.74) is 1.23. The Labute approximate surface area is 91.7 Å². The number of rotatable bonds is 4. The first kappa shape index (κ1) is 9.42. The zero-order chi connectivity index (χ0) is 11.0. The third-order valence-electron chi connectivity index (χ3n) is 2.58. The highest BCUT2D eigenvalue weighted by Crippen LogP contribution is 2.28. The highest BCUT2D eigenvalue weighted by Gasteiger charge is 2.23. The summed E-state index contributed by atoms with van der Waals surface area (Å²) in [6.07, 6.45) is 2.53. The van der Waals surface area contributed by atoms with Gasteiger partial charge in [0.2, 0.25) is 0 Å². The van der Waals surface area contributed by atoms with E-state index in [0.29, 0.717) is 23.5 Å². The predicted molar refractivity (Wildman–Crippen MR) is 56.8 cm³/mol. The molecular formula is C12H10O4. The minimum Gasteiger partial charge on any atom is -0.490 e. The van der Waals surface area contributed by atoms with E-state index in [9.17, 15) is 4.79 Å². The Morgan fingerprint density at radius 3 is 3.06 bits per heavy atom. The van der Waals surface area contributed by atoms with E-state index in [-0.39, 0.29) is 6.10 Å². The van der Waals surface area contributed by atoms with E-state index < -0.39 is 0 Å². The first-order valence-electron chi connectivity index (χ1n) is 5.08. The normalized spacial score (nSPS) is 18.6. The summed E-state index contributed by atoms with van der Waals surface area (Å²) in [6.45, 7) is 1.23. The molecule has 0 N–H and O–H groups in total. The molecule has 1 aromatic heterocycles. The highest BCUT2D eigenvalue weighted by molar-refractivity contribution is 5.98. The standard InChI is InChI=1S/C12H10O4/c13-5-10-9-3-4-14-11(9)1-2-12(10)16-7-8-6-15-8/h1-5,8H,6-7H2. The lowest BCUT2D eigenvalue weighted by Crippen LogP contribution is -2.05. The molecule has 0 saturated carbocycles. The third kappa shape index (κ3) is 1.57. The lowest BCUT2D eigenvalue weighted by atomic mass is 10.1. The molecule has 4 nitrogen and oxygen atoms in total. The zero-order valence-electron chi connectivity index (χ0n) is 8.51. The Kier molecular flexibility index (Phi) is 2.15. The molecule has 1 aliphatic rings. The average molecular weight is 218 g/mol. The molecule has 1 fully saturated rings. The van der Waals surface area contributed by atoms with Gasteiger partial charge in [-0.3, -0.25) is 4.79 Å². The molecule has 2 heterocycles. The summed E-state index contributed by atoms with van der Waals surface area (Å²) in [6, 6.07) is 5.31. The van der Waals surface area contributed by atoms with Gasteiger partial charge in [0.1, 0.15) is 24.0 Å². The molecule has 0 spiro atoms. The molecule has 16 heavy (non-hydrogen) atoms. The van der Waals surface area contributed by atoms with E-state index in [1.807, 2.05) is 0 Å². The van der Waals surface area contributed by atoms with Gasteiger partial charge in [-0.25, -0.2) is 0 Å². The van der Waals surface area contributed by atoms with Crippen molar-refractivity contribution in [2.45, 2.75) is 6.10 Å². The number of aldehydes is 1. The van der Waals surface area contributed by atoms with Crippen molar-refractivity contribution in [2.24, 2.45) is 0 Å². The first-order chi connectivity index (χ1) is 7.88. The van der Waals surface area contributed by atoms with Crippen LogP contribution in [0.25, 0.3) is 11.0 Å². The molecule has 0 bridgehead atoms. The molecule has 82 valence electrons. The number of fused-ring (bicyclic) bond motifs is 1. The van der Waals surface area contributed by atoms with Crippen molar-refractivity contribution < 1.29 is 18.7 Å². The van der Waals surface area contributed by atoms with Gasteiger partial charge in [-0.15, -0.1) is 0 Å². The number of ether oxygens (including phenoxy) is 2. The fourth-order valence-electron chi connectivity index (χ4n) is 1.64. The maximum absolute atomic E-state index is 11.0. The van der Waals surface area contributed by atoms with Crippen LogP contribution in [-0.2, 0) is 4.74 Å². The summed E-state index contributed by atoms with van der Waals surface area (Å²) in [4.78, 5) is 11.0. The minimum absolute atomic E-state index is 0.180. The molecule has 0 radical (unpaired) electrons. The summed E-state index contributed by atoms with van der Waals surface area (Å²) in [5, 5.41) is 0.782. The molecule has 1 aliphatic heterocycles. The fraction of sp³-hybridized carbons (Fsp3) is 0.250. The van der Waals surface area contributed by atoms with Crippen LogP contribution in [-0.4, -0.2) is 25.6 Å². The Morgan fingerprint density at radius 1 is 1.44 bits per heavy atom. The average Bonchev–Trinajstić information content (AvgIpc) is 3.01. The summed E-state index contributed by atoms with van der Waals surface area (Å²) in [7, 11) is 0. The summed E-state index contributed by atoms with van der Waals surface area (Å²) in [5.74, 6) is 0.583. The Balaban J connectivity index is 1.97. The van der Waals surface area contributed by atoms with Crippen LogP contribution < -0.4 is 4.74 Å². The molecule has 1 saturated heterocycles. The lowest BCUT2D eigenvalue weighted by molar-refractivity contribution is 0.112. The summed E-state index contributed by atoms with van der Waals surface area (Å²) < 4.78 is 15.8. The van der Waals surface area contributed by atoms with Gasteiger partial charge in [0.05, 0.1) is 18.4 Å². The van der Waals surface area contributed by atoms with E-state index in [2.05, 4.69) is 0 Å². The van der Waals surface area contributed by atoms with Crippen LogP contribution in [0.3, 0.4) is 0 Å². The van der Waals surface area contributed by atoms with Crippen molar-refractivity contribution in [2.75, 3.05) is 13.2 Å².